The Hall–Kier alpha value is -2.82. The second kappa shape index (κ2) is 10.9. The van der Waals surface area contributed by atoms with Crippen LogP contribution in [0.1, 0.15) is 24.3 Å². The first kappa shape index (κ1) is 23.3. The van der Waals surface area contributed by atoms with Crippen molar-refractivity contribution in [3.63, 3.8) is 0 Å². The quantitative estimate of drug-likeness (QED) is 0.619. The van der Waals surface area contributed by atoms with Gasteiger partial charge in [-0.15, -0.1) is 0 Å². The number of hydrogen-bond donors (Lipinski definition) is 2. The topological polar surface area (TPSA) is 113 Å². The lowest BCUT2D eigenvalue weighted by Gasteiger charge is -2.49. The smallest absolute Gasteiger partial charge is 0.329 e. The summed E-state index contributed by atoms with van der Waals surface area (Å²) in [6, 6.07) is 18.1. The molecule has 1 amide bonds. The predicted octanol–water partition coefficient (Wildman–Crippen LogP) is 2.02. The summed E-state index contributed by atoms with van der Waals surface area (Å²) in [6.45, 7) is 1.23. The van der Waals surface area contributed by atoms with Crippen LogP contribution < -0.4 is 5.32 Å². The maximum Gasteiger partial charge on any atom is 0.329 e. The van der Waals surface area contributed by atoms with E-state index in [1.54, 1.807) is 0 Å². The fourth-order valence-electron chi connectivity index (χ4n) is 4.00. The van der Waals surface area contributed by atoms with E-state index >= 15 is 0 Å². The van der Waals surface area contributed by atoms with E-state index in [9.17, 15) is 14.7 Å². The van der Waals surface area contributed by atoms with Crippen molar-refractivity contribution in [2.24, 2.45) is 0 Å². The van der Waals surface area contributed by atoms with Gasteiger partial charge in [0.15, 0.2) is 12.6 Å². The van der Waals surface area contributed by atoms with E-state index < -0.39 is 49.5 Å². The van der Waals surface area contributed by atoms with Gasteiger partial charge in [0.05, 0.1) is 13.2 Å². The third kappa shape index (κ3) is 5.95. The Labute approximate surface area is 191 Å². The molecule has 176 valence electrons. The van der Waals surface area contributed by atoms with Gasteiger partial charge >= 0.3 is 5.97 Å². The van der Waals surface area contributed by atoms with Crippen molar-refractivity contribution < 1.29 is 38.4 Å². The molecule has 0 aliphatic carbocycles. The van der Waals surface area contributed by atoms with Crippen molar-refractivity contribution in [1.82, 2.24) is 5.32 Å². The zero-order valence-electron chi connectivity index (χ0n) is 18.2. The van der Waals surface area contributed by atoms with Gasteiger partial charge in [-0.3, -0.25) is 4.79 Å². The summed E-state index contributed by atoms with van der Waals surface area (Å²) in [5.74, 6) is -1.46. The van der Waals surface area contributed by atoms with Crippen LogP contribution in [0.5, 0.6) is 0 Å². The molecule has 4 rings (SSSR count). The van der Waals surface area contributed by atoms with Crippen molar-refractivity contribution in [3.05, 3.63) is 71.8 Å². The maximum absolute atomic E-state index is 12.0. The summed E-state index contributed by atoms with van der Waals surface area (Å²) in [5.41, 5.74) is 1.74. The molecule has 2 heterocycles. The molecular weight excluding hydrogens is 430 g/mol. The average molecular weight is 457 g/mol. The van der Waals surface area contributed by atoms with Gasteiger partial charge in [0, 0.05) is 12.5 Å². The van der Waals surface area contributed by atoms with Crippen molar-refractivity contribution in [2.75, 3.05) is 13.2 Å². The largest absolute Gasteiger partial charge is 0.480 e. The minimum atomic E-state index is -1.13. The van der Waals surface area contributed by atoms with Crippen LogP contribution in [-0.4, -0.2) is 60.8 Å². The fraction of sp³-hybridized carbons (Fsp3) is 0.417. The zero-order valence-corrected chi connectivity index (χ0v) is 18.2. The van der Waals surface area contributed by atoms with Crippen LogP contribution in [0.15, 0.2) is 60.7 Å². The first-order chi connectivity index (χ1) is 16.0. The first-order valence-electron chi connectivity index (χ1n) is 10.7. The molecule has 2 aliphatic heterocycles. The highest BCUT2D eigenvalue weighted by molar-refractivity contribution is 5.73. The molecular formula is C24H27NO8. The molecule has 2 N–H and O–H groups in total. The Morgan fingerprint density at radius 1 is 1.03 bits per heavy atom. The zero-order chi connectivity index (χ0) is 23.2. The number of carbonyl (C=O) groups is 2. The van der Waals surface area contributed by atoms with Gasteiger partial charge in [-0.1, -0.05) is 60.7 Å². The number of carboxylic acids is 1. The number of fused-ring (bicyclic) bond motifs is 1. The lowest BCUT2D eigenvalue weighted by atomic mass is 9.95. The number of amides is 1. The van der Waals surface area contributed by atoms with Crippen molar-refractivity contribution >= 4 is 11.9 Å². The van der Waals surface area contributed by atoms with Gasteiger partial charge in [-0.25, -0.2) is 4.79 Å². The van der Waals surface area contributed by atoms with E-state index in [2.05, 4.69) is 5.32 Å². The number of nitrogens with one attached hydrogen (secondary N) is 1. The highest BCUT2D eigenvalue weighted by Gasteiger charge is 2.51. The summed E-state index contributed by atoms with van der Waals surface area (Å²) in [5, 5.41) is 12.0. The minimum absolute atomic E-state index is 0.190. The van der Waals surface area contributed by atoms with Crippen LogP contribution >= 0.6 is 0 Å². The SMILES string of the molecule is CC(=O)N[C@H]1[C@@H](OCc2ccccc2)O[C@@H]2CO[C@H](c3ccccc3)O[C@@H]2[C@@H]1OCC(=O)O. The van der Waals surface area contributed by atoms with E-state index in [1.807, 2.05) is 60.7 Å². The van der Waals surface area contributed by atoms with Crippen LogP contribution in [0.4, 0.5) is 0 Å². The first-order valence-corrected chi connectivity index (χ1v) is 10.7. The molecule has 2 aliphatic rings. The lowest BCUT2D eigenvalue weighted by Crippen LogP contribution is -2.67. The van der Waals surface area contributed by atoms with E-state index in [0.717, 1.165) is 11.1 Å². The number of hydrogen-bond acceptors (Lipinski definition) is 7. The molecule has 2 fully saturated rings. The number of carboxylic acid groups (broad SMARTS) is 1. The summed E-state index contributed by atoms with van der Waals surface area (Å²) in [7, 11) is 0. The van der Waals surface area contributed by atoms with E-state index in [1.165, 1.54) is 6.92 Å². The van der Waals surface area contributed by atoms with Crippen molar-refractivity contribution in [2.45, 2.75) is 50.5 Å². The number of carbonyl (C=O) groups excluding carboxylic acids is 1. The monoisotopic (exact) mass is 457 g/mol. The highest BCUT2D eigenvalue weighted by Crippen LogP contribution is 2.35. The van der Waals surface area contributed by atoms with Gasteiger partial charge in [-0.2, -0.15) is 0 Å². The molecule has 33 heavy (non-hydrogen) atoms. The van der Waals surface area contributed by atoms with Crippen molar-refractivity contribution in [3.8, 4) is 0 Å². The Morgan fingerprint density at radius 3 is 2.39 bits per heavy atom. The third-order valence-corrected chi connectivity index (χ3v) is 5.44. The maximum atomic E-state index is 12.0. The van der Waals surface area contributed by atoms with Crippen LogP contribution in [0.2, 0.25) is 0 Å². The molecule has 9 nitrogen and oxygen atoms in total. The molecule has 6 atom stereocenters. The van der Waals surface area contributed by atoms with E-state index in [-0.39, 0.29) is 19.1 Å². The van der Waals surface area contributed by atoms with Crippen LogP contribution in [0.3, 0.4) is 0 Å². The molecule has 2 saturated heterocycles. The average Bonchev–Trinajstić information content (AvgIpc) is 2.82. The molecule has 0 spiro atoms. The van der Waals surface area contributed by atoms with Gasteiger partial charge in [0.2, 0.25) is 5.91 Å². The Kier molecular flexibility index (Phi) is 7.69. The molecule has 0 saturated carbocycles. The van der Waals surface area contributed by atoms with Gasteiger partial charge in [0.1, 0.15) is 31.0 Å². The Balaban J connectivity index is 1.56. The summed E-state index contributed by atoms with van der Waals surface area (Å²) < 4.78 is 29.9. The number of aliphatic carboxylic acids is 1. The standard InChI is InChI=1S/C24H27NO8/c1-15(26)25-20-22(29-14-19(27)28)21-18(13-31-23(33-21)17-10-6-3-7-11-17)32-24(20)30-12-16-8-4-2-5-9-16/h2-11,18,20-24H,12-14H2,1H3,(H,25,26)(H,27,28)/t18-,20-,21+,22-,23+,24+/m1/s1. The summed E-state index contributed by atoms with van der Waals surface area (Å²) >= 11 is 0. The summed E-state index contributed by atoms with van der Waals surface area (Å²) in [6.07, 6.45) is -3.66. The van der Waals surface area contributed by atoms with E-state index in [0.29, 0.717) is 0 Å². The Morgan fingerprint density at radius 2 is 1.73 bits per heavy atom. The van der Waals surface area contributed by atoms with Gasteiger partial charge in [-0.05, 0) is 5.56 Å². The van der Waals surface area contributed by atoms with Crippen LogP contribution in [0, 0.1) is 0 Å². The lowest BCUT2D eigenvalue weighted by molar-refractivity contribution is -0.349. The van der Waals surface area contributed by atoms with Gasteiger partial charge < -0.3 is 34.1 Å². The molecule has 0 aromatic heterocycles. The van der Waals surface area contributed by atoms with E-state index in [4.69, 9.17) is 23.7 Å². The molecule has 0 unspecified atom stereocenters. The van der Waals surface area contributed by atoms with Crippen LogP contribution in [0.25, 0.3) is 0 Å². The predicted molar refractivity (Wildman–Crippen MR) is 115 cm³/mol. The third-order valence-electron chi connectivity index (χ3n) is 5.44. The fourth-order valence-corrected chi connectivity index (χ4v) is 4.00. The normalized spacial score (nSPS) is 29.1. The second-order valence-corrected chi connectivity index (χ2v) is 7.91. The van der Waals surface area contributed by atoms with Crippen LogP contribution in [-0.2, 0) is 39.9 Å². The number of benzene rings is 2. The summed E-state index contributed by atoms with van der Waals surface area (Å²) in [4.78, 5) is 23.3. The second-order valence-electron chi connectivity index (χ2n) is 7.91. The molecule has 2 aromatic carbocycles. The molecule has 2 aromatic rings. The number of ether oxygens (including phenoxy) is 5. The van der Waals surface area contributed by atoms with Gasteiger partial charge in [0.25, 0.3) is 0 Å². The molecule has 0 bridgehead atoms. The molecule has 0 radical (unpaired) electrons. The Bertz CT molecular complexity index is 925. The highest BCUT2D eigenvalue weighted by atomic mass is 16.8. The van der Waals surface area contributed by atoms with Crippen molar-refractivity contribution in [1.29, 1.82) is 0 Å². The number of rotatable bonds is 8. The minimum Gasteiger partial charge on any atom is -0.480 e. The molecule has 9 heteroatoms.